The summed E-state index contributed by atoms with van der Waals surface area (Å²) in [6.07, 6.45) is 0.837. The van der Waals surface area contributed by atoms with E-state index in [0.717, 1.165) is 11.6 Å². The van der Waals surface area contributed by atoms with E-state index in [1.807, 2.05) is 36.4 Å². The van der Waals surface area contributed by atoms with Gasteiger partial charge in [0.1, 0.15) is 5.69 Å². The van der Waals surface area contributed by atoms with Crippen LogP contribution in [0, 0.1) is 31.6 Å². The van der Waals surface area contributed by atoms with Crippen molar-refractivity contribution >= 4 is 17.1 Å². The molecule has 0 spiro atoms. The van der Waals surface area contributed by atoms with Crippen molar-refractivity contribution in [3.8, 4) is 6.07 Å². The lowest BCUT2D eigenvalue weighted by molar-refractivity contribution is -0.393. The van der Waals surface area contributed by atoms with Gasteiger partial charge in [0, 0.05) is 19.2 Å². The Kier molecular flexibility index (Phi) is 6.01. The van der Waals surface area contributed by atoms with Crippen LogP contribution in [-0.2, 0) is 6.42 Å². The molecule has 8 nitrogen and oxygen atoms in total. The second kappa shape index (κ2) is 8.40. The lowest BCUT2D eigenvalue weighted by Crippen LogP contribution is -2.27. The molecular weight excluding hydrogens is 324 g/mol. The third-order valence-corrected chi connectivity index (χ3v) is 3.71. The molecule has 0 saturated heterocycles. The zero-order valence-corrected chi connectivity index (χ0v) is 13.4. The predicted octanol–water partition coefficient (Wildman–Crippen LogP) is 3.47. The van der Waals surface area contributed by atoms with Crippen LogP contribution >= 0.6 is 0 Å². The molecule has 128 valence electrons. The van der Waals surface area contributed by atoms with Gasteiger partial charge in [-0.25, -0.2) is 0 Å². The lowest BCUT2D eigenvalue weighted by Gasteiger charge is -2.23. The number of benzene rings is 2. The third-order valence-electron chi connectivity index (χ3n) is 3.71. The van der Waals surface area contributed by atoms with Gasteiger partial charge in [-0.05, 0) is 18.1 Å². The van der Waals surface area contributed by atoms with Crippen molar-refractivity contribution < 1.29 is 9.85 Å². The fraction of sp³-hybridized carbons (Fsp3) is 0.235. The fourth-order valence-corrected chi connectivity index (χ4v) is 2.49. The van der Waals surface area contributed by atoms with Crippen molar-refractivity contribution in [1.29, 1.82) is 5.26 Å². The maximum Gasteiger partial charge on any atom is 0.299 e. The van der Waals surface area contributed by atoms with E-state index in [1.54, 1.807) is 4.90 Å². The van der Waals surface area contributed by atoms with Crippen LogP contribution in [0.25, 0.3) is 0 Å². The average molecular weight is 340 g/mol. The van der Waals surface area contributed by atoms with Crippen molar-refractivity contribution in [2.45, 2.75) is 12.8 Å². The Morgan fingerprint density at radius 1 is 1.00 bits per heavy atom. The molecule has 2 aromatic carbocycles. The van der Waals surface area contributed by atoms with Gasteiger partial charge in [0.15, 0.2) is 0 Å². The molecule has 2 rings (SSSR count). The number of non-ortho nitro benzene ring substituents is 1. The number of nitriles is 1. The smallest absolute Gasteiger partial charge is 0.299 e. The Balaban J connectivity index is 2.31. The highest BCUT2D eigenvalue weighted by molar-refractivity contribution is 5.67. The molecule has 0 amide bonds. The van der Waals surface area contributed by atoms with Crippen LogP contribution < -0.4 is 4.90 Å². The van der Waals surface area contributed by atoms with E-state index in [2.05, 4.69) is 0 Å². The highest BCUT2D eigenvalue weighted by Gasteiger charge is 2.23. The number of anilines is 1. The van der Waals surface area contributed by atoms with Crippen LogP contribution in [0.2, 0.25) is 0 Å². The quantitative estimate of drug-likeness (QED) is 0.537. The van der Waals surface area contributed by atoms with E-state index in [0.29, 0.717) is 19.5 Å². The summed E-state index contributed by atoms with van der Waals surface area (Å²) in [5.41, 5.74) is 0.676. The molecule has 0 unspecified atom stereocenters. The van der Waals surface area contributed by atoms with Crippen LogP contribution in [0.4, 0.5) is 17.1 Å². The Hall–Kier alpha value is -3.47. The molecule has 0 aromatic heterocycles. The molecule has 2 aromatic rings. The summed E-state index contributed by atoms with van der Waals surface area (Å²) in [7, 11) is 0. The highest BCUT2D eigenvalue weighted by Crippen LogP contribution is 2.32. The first-order chi connectivity index (χ1) is 12.0. The van der Waals surface area contributed by atoms with Gasteiger partial charge in [0.25, 0.3) is 11.4 Å². The molecule has 0 bridgehead atoms. The number of hydrogen-bond donors (Lipinski definition) is 0. The molecule has 0 radical (unpaired) electrons. The van der Waals surface area contributed by atoms with Crippen molar-refractivity contribution in [3.05, 3.63) is 74.3 Å². The average Bonchev–Trinajstić information content (AvgIpc) is 2.62. The number of nitro groups is 2. The van der Waals surface area contributed by atoms with Gasteiger partial charge < -0.3 is 4.90 Å². The summed E-state index contributed by atoms with van der Waals surface area (Å²) < 4.78 is 0. The van der Waals surface area contributed by atoms with Crippen molar-refractivity contribution in [2.24, 2.45) is 0 Å². The number of hydrogen-bond acceptors (Lipinski definition) is 6. The molecule has 0 aliphatic rings. The summed E-state index contributed by atoms with van der Waals surface area (Å²) in [6, 6.07) is 15.2. The molecule has 0 N–H and O–H groups in total. The van der Waals surface area contributed by atoms with E-state index < -0.39 is 9.85 Å². The standard InChI is InChI=1S/C17H16N4O4/c18-10-4-11-19(12-9-14-5-2-1-3-6-14)16-8-7-15(20(22)23)13-17(16)21(24)25/h1-3,5-8,13H,4,9,11-12H2. The topological polar surface area (TPSA) is 113 Å². The van der Waals surface area contributed by atoms with Gasteiger partial charge in [-0.15, -0.1) is 0 Å². The minimum Gasteiger partial charge on any atom is -0.365 e. The van der Waals surface area contributed by atoms with Gasteiger partial charge >= 0.3 is 0 Å². The second-order valence-corrected chi connectivity index (χ2v) is 5.32. The van der Waals surface area contributed by atoms with Gasteiger partial charge in [-0.3, -0.25) is 20.2 Å². The van der Waals surface area contributed by atoms with E-state index in [-0.39, 0.29) is 23.5 Å². The minimum absolute atomic E-state index is 0.197. The number of rotatable bonds is 8. The molecule has 8 heteroatoms. The first-order valence-electron chi connectivity index (χ1n) is 7.61. The first-order valence-corrected chi connectivity index (χ1v) is 7.61. The molecule has 0 heterocycles. The molecule has 0 aliphatic heterocycles. The van der Waals surface area contributed by atoms with Gasteiger partial charge in [-0.2, -0.15) is 5.26 Å². The Morgan fingerprint density at radius 3 is 2.32 bits per heavy atom. The Labute approximate surface area is 144 Å². The third kappa shape index (κ3) is 4.75. The van der Waals surface area contributed by atoms with Crippen LogP contribution in [0.15, 0.2) is 48.5 Å². The molecule has 25 heavy (non-hydrogen) atoms. The summed E-state index contributed by atoms with van der Waals surface area (Å²) in [5.74, 6) is 0. The normalized spacial score (nSPS) is 10.0. The monoisotopic (exact) mass is 340 g/mol. The zero-order chi connectivity index (χ0) is 18.2. The summed E-state index contributed by atoms with van der Waals surface area (Å²) in [5, 5.41) is 31.0. The molecule has 0 aliphatic carbocycles. The Bertz CT molecular complexity index is 802. The van der Waals surface area contributed by atoms with Crippen LogP contribution in [0.5, 0.6) is 0 Å². The van der Waals surface area contributed by atoms with Crippen LogP contribution in [0.3, 0.4) is 0 Å². The molecular formula is C17H16N4O4. The molecule has 0 fully saturated rings. The lowest BCUT2D eigenvalue weighted by atomic mass is 10.1. The molecule has 0 atom stereocenters. The van der Waals surface area contributed by atoms with E-state index in [1.165, 1.54) is 12.1 Å². The maximum absolute atomic E-state index is 11.3. The Morgan fingerprint density at radius 2 is 1.72 bits per heavy atom. The van der Waals surface area contributed by atoms with E-state index in [4.69, 9.17) is 5.26 Å². The highest BCUT2D eigenvalue weighted by atomic mass is 16.6. The number of nitrogens with zero attached hydrogens (tertiary/aromatic N) is 4. The van der Waals surface area contributed by atoms with Crippen LogP contribution in [0.1, 0.15) is 12.0 Å². The van der Waals surface area contributed by atoms with Gasteiger partial charge in [0.05, 0.1) is 28.4 Å². The SMILES string of the molecule is N#CCCN(CCc1ccccc1)c1ccc([N+](=O)[O-])cc1[N+](=O)[O-]. The van der Waals surface area contributed by atoms with E-state index in [9.17, 15) is 20.2 Å². The summed E-state index contributed by atoms with van der Waals surface area (Å²) in [6.45, 7) is 0.770. The van der Waals surface area contributed by atoms with Gasteiger partial charge in [-0.1, -0.05) is 30.3 Å². The first kappa shape index (κ1) is 17.9. The van der Waals surface area contributed by atoms with Crippen molar-refractivity contribution in [3.63, 3.8) is 0 Å². The van der Waals surface area contributed by atoms with Gasteiger partial charge in [0.2, 0.25) is 0 Å². The van der Waals surface area contributed by atoms with Crippen molar-refractivity contribution in [1.82, 2.24) is 0 Å². The van der Waals surface area contributed by atoms with Crippen molar-refractivity contribution in [2.75, 3.05) is 18.0 Å². The maximum atomic E-state index is 11.3. The predicted molar refractivity (Wildman–Crippen MR) is 92.3 cm³/mol. The number of nitro benzene ring substituents is 2. The molecule has 0 saturated carbocycles. The fourth-order valence-electron chi connectivity index (χ4n) is 2.49. The van der Waals surface area contributed by atoms with Crippen LogP contribution in [-0.4, -0.2) is 22.9 Å². The zero-order valence-electron chi connectivity index (χ0n) is 13.4. The van der Waals surface area contributed by atoms with E-state index >= 15 is 0 Å². The summed E-state index contributed by atoms with van der Waals surface area (Å²) >= 11 is 0. The summed E-state index contributed by atoms with van der Waals surface area (Å²) in [4.78, 5) is 22.6. The second-order valence-electron chi connectivity index (χ2n) is 5.32. The largest absolute Gasteiger partial charge is 0.365 e. The minimum atomic E-state index is -0.666.